The summed E-state index contributed by atoms with van der Waals surface area (Å²) in [6.45, 7) is 0. The first-order chi connectivity index (χ1) is 7.36. The number of nitrogens with zero attached hydrogens (tertiary/aromatic N) is 2. The van der Waals surface area contributed by atoms with E-state index in [0.717, 1.165) is 5.56 Å². The molecule has 74 valence electrons. The van der Waals surface area contributed by atoms with Gasteiger partial charge in [-0.2, -0.15) is 0 Å². The molecule has 0 aliphatic rings. The fourth-order valence-corrected chi connectivity index (χ4v) is 1.43. The Balaban J connectivity index is 2.29. The third kappa shape index (κ3) is 2.60. The summed E-state index contributed by atoms with van der Waals surface area (Å²) in [5.41, 5.74) is 0.962. The topological polar surface area (TPSA) is 16.2 Å². The smallest absolute Gasteiger partial charge is 0.202 e. The number of aromatic nitrogens is 1. The largest absolute Gasteiger partial charge is 0.754 e. The second-order valence-electron chi connectivity index (χ2n) is 3.03. The Hall–Kier alpha value is -1.74. The van der Waals surface area contributed by atoms with Gasteiger partial charge in [-0.25, -0.2) is 0 Å². The van der Waals surface area contributed by atoms with E-state index in [0.29, 0.717) is 5.04 Å². The van der Waals surface area contributed by atoms with Gasteiger partial charge in [0.25, 0.3) is 0 Å². The van der Waals surface area contributed by atoms with Gasteiger partial charge in [-0.15, -0.1) is 0 Å². The van der Waals surface area contributed by atoms with Crippen LogP contribution in [0, 0.1) is 0 Å². The molecule has 0 amide bonds. The van der Waals surface area contributed by atoms with Gasteiger partial charge in [0.15, 0.2) is 0 Å². The van der Waals surface area contributed by atoms with Crippen LogP contribution in [0.1, 0.15) is 5.56 Å². The molecule has 0 saturated heterocycles. The van der Waals surface area contributed by atoms with E-state index in [1.165, 1.54) is 0 Å². The molecule has 2 nitrogen and oxygen atoms in total. The molecule has 2 aromatic rings. The molecule has 0 spiro atoms. The summed E-state index contributed by atoms with van der Waals surface area (Å²) in [5.74, 6) is 0. The molecular formula is C12H10N2S. The zero-order valence-electron chi connectivity index (χ0n) is 8.08. The van der Waals surface area contributed by atoms with Crippen LogP contribution >= 0.6 is 0 Å². The fraction of sp³-hybridized carbons (Fsp3) is 0. The van der Waals surface area contributed by atoms with E-state index in [1.54, 1.807) is 4.68 Å². The number of hydrogen-bond acceptors (Lipinski definition) is 2. The highest BCUT2D eigenvalue weighted by atomic mass is 32.1. The third-order valence-electron chi connectivity index (χ3n) is 1.93. The van der Waals surface area contributed by atoms with Crippen LogP contribution in [-0.4, -0.2) is 5.04 Å². The Morgan fingerprint density at radius 1 is 0.933 bits per heavy atom. The number of benzene rings is 1. The molecule has 0 aliphatic carbocycles. The van der Waals surface area contributed by atoms with Crippen molar-refractivity contribution in [3.63, 3.8) is 0 Å². The molecule has 0 saturated carbocycles. The summed E-state index contributed by atoms with van der Waals surface area (Å²) in [6.07, 6.45) is 3.71. The lowest BCUT2D eigenvalue weighted by Crippen LogP contribution is -2.27. The van der Waals surface area contributed by atoms with Crippen molar-refractivity contribution in [1.29, 1.82) is 0 Å². The molecular weight excluding hydrogens is 204 g/mol. The molecule has 15 heavy (non-hydrogen) atoms. The molecule has 3 heteroatoms. The van der Waals surface area contributed by atoms with E-state index in [4.69, 9.17) is 12.6 Å². The summed E-state index contributed by atoms with van der Waals surface area (Å²) in [7, 11) is 0. The molecule has 2 rings (SSSR count). The van der Waals surface area contributed by atoms with Crippen molar-refractivity contribution in [2.45, 2.75) is 0 Å². The highest BCUT2D eigenvalue weighted by molar-refractivity contribution is 7.78. The molecule has 1 heterocycles. The van der Waals surface area contributed by atoms with Crippen molar-refractivity contribution in [2.24, 2.45) is 5.10 Å². The quantitative estimate of drug-likeness (QED) is 0.322. The fourth-order valence-electron chi connectivity index (χ4n) is 1.20. The van der Waals surface area contributed by atoms with Crippen molar-refractivity contribution in [3.8, 4) is 0 Å². The van der Waals surface area contributed by atoms with Crippen molar-refractivity contribution >= 4 is 17.7 Å². The Morgan fingerprint density at radius 3 is 2.20 bits per heavy atom. The van der Waals surface area contributed by atoms with Gasteiger partial charge < -0.3 is 12.6 Å². The van der Waals surface area contributed by atoms with Crippen molar-refractivity contribution in [3.05, 3.63) is 66.5 Å². The average Bonchev–Trinajstić information content (AvgIpc) is 2.31. The van der Waals surface area contributed by atoms with Gasteiger partial charge in [0.05, 0.1) is 0 Å². The summed E-state index contributed by atoms with van der Waals surface area (Å²) in [5, 5.41) is 4.87. The Morgan fingerprint density at radius 2 is 1.53 bits per heavy atom. The molecule has 0 atom stereocenters. The lowest BCUT2D eigenvalue weighted by Gasteiger charge is -2.05. The molecule has 1 aromatic heterocycles. The highest BCUT2D eigenvalue weighted by Gasteiger charge is 1.94. The summed E-state index contributed by atoms with van der Waals surface area (Å²) in [6, 6.07) is 15.5. The van der Waals surface area contributed by atoms with Gasteiger partial charge in [-0.3, -0.25) is 0 Å². The zero-order valence-corrected chi connectivity index (χ0v) is 8.89. The number of rotatable bonds is 2. The molecule has 0 unspecified atom stereocenters. The van der Waals surface area contributed by atoms with Crippen LogP contribution in [0.25, 0.3) is 0 Å². The average molecular weight is 214 g/mol. The van der Waals surface area contributed by atoms with Crippen LogP contribution in [0.15, 0.2) is 66.0 Å². The molecule has 0 bridgehead atoms. The molecule has 0 aliphatic heterocycles. The minimum absolute atomic E-state index is 0.590. The van der Waals surface area contributed by atoms with Crippen LogP contribution in [0.3, 0.4) is 0 Å². The van der Waals surface area contributed by atoms with Crippen LogP contribution in [0.4, 0.5) is 0 Å². The van der Waals surface area contributed by atoms with Gasteiger partial charge in [0, 0.05) is 12.1 Å². The standard InChI is InChI=1S/C12H10N2S/c15-12(11-7-3-1-4-8-11)13-14-9-5-2-6-10-14/h1-10H. The first-order valence-electron chi connectivity index (χ1n) is 4.64. The van der Waals surface area contributed by atoms with Crippen molar-refractivity contribution < 1.29 is 4.68 Å². The van der Waals surface area contributed by atoms with Gasteiger partial charge in [-0.05, 0) is 15.7 Å². The summed E-state index contributed by atoms with van der Waals surface area (Å²) in [4.78, 5) is 0. The highest BCUT2D eigenvalue weighted by Crippen LogP contribution is 1.98. The Bertz CT molecular complexity index is 452. The summed E-state index contributed by atoms with van der Waals surface area (Å²) < 4.78 is 1.70. The van der Waals surface area contributed by atoms with E-state index < -0.39 is 0 Å². The molecule has 0 N–H and O–H groups in total. The van der Waals surface area contributed by atoms with Crippen molar-refractivity contribution in [1.82, 2.24) is 0 Å². The normalized spacial score (nSPS) is 11.3. The van der Waals surface area contributed by atoms with Crippen LogP contribution in [-0.2, 0) is 12.6 Å². The maximum absolute atomic E-state index is 5.22. The van der Waals surface area contributed by atoms with Crippen molar-refractivity contribution in [2.75, 3.05) is 0 Å². The molecule has 1 aromatic carbocycles. The minimum atomic E-state index is 0.590. The van der Waals surface area contributed by atoms with E-state index in [9.17, 15) is 0 Å². The molecule has 0 fully saturated rings. The second-order valence-corrected chi connectivity index (χ2v) is 3.41. The van der Waals surface area contributed by atoms with Gasteiger partial charge in [0.2, 0.25) is 12.4 Å². The first kappa shape index (κ1) is 9.80. The molecule has 0 radical (unpaired) electrons. The lowest BCUT2D eigenvalue weighted by atomic mass is 10.2. The lowest BCUT2D eigenvalue weighted by molar-refractivity contribution is -0.678. The van der Waals surface area contributed by atoms with Crippen LogP contribution < -0.4 is 4.68 Å². The van der Waals surface area contributed by atoms with Gasteiger partial charge >= 0.3 is 0 Å². The Kier molecular flexibility index (Phi) is 3.05. The third-order valence-corrected chi connectivity index (χ3v) is 2.24. The van der Waals surface area contributed by atoms with Gasteiger partial charge in [-0.1, -0.05) is 41.1 Å². The van der Waals surface area contributed by atoms with Crippen LogP contribution in [0.2, 0.25) is 0 Å². The second kappa shape index (κ2) is 4.66. The number of pyridine rings is 1. The number of hydrogen-bond donors (Lipinski definition) is 0. The van der Waals surface area contributed by atoms with Crippen LogP contribution in [0.5, 0.6) is 0 Å². The zero-order chi connectivity index (χ0) is 10.5. The predicted molar refractivity (Wildman–Crippen MR) is 62.4 cm³/mol. The van der Waals surface area contributed by atoms with Gasteiger partial charge in [0.1, 0.15) is 0 Å². The van der Waals surface area contributed by atoms with E-state index in [-0.39, 0.29) is 0 Å². The van der Waals surface area contributed by atoms with E-state index in [1.807, 2.05) is 60.9 Å². The predicted octanol–water partition coefficient (Wildman–Crippen LogP) is 1.73. The Labute approximate surface area is 94.3 Å². The first-order valence-corrected chi connectivity index (χ1v) is 5.05. The van der Waals surface area contributed by atoms with E-state index >= 15 is 0 Å². The van der Waals surface area contributed by atoms with E-state index in [2.05, 4.69) is 5.10 Å². The monoisotopic (exact) mass is 214 g/mol. The SMILES string of the molecule is [S-]/C(=N\[n+]1ccccc1)c1ccccc1. The maximum Gasteiger partial charge on any atom is 0.202 e. The minimum Gasteiger partial charge on any atom is -0.754 e. The summed E-state index contributed by atoms with van der Waals surface area (Å²) >= 11 is 5.22. The maximum atomic E-state index is 5.22.